The highest BCUT2D eigenvalue weighted by molar-refractivity contribution is 5.75. The standard InChI is InChI=1S/C21H27N3O2/c1-16(2)18-5-7-19(8-6-18)20(21(25)26)24-12-10-23(11-13-24)15-17-4-3-9-22-14-17/h3-9,14,16,20H,10-13,15H2,1-2H3,(H,25,26)/t20-/m0/s1. The monoisotopic (exact) mass is 353 g/mol. The highest BCUT2D eigenvalue weighted by atomic mass is 16.4. The van der Waals surface area contributed by atoms with Gasteiger partial charge in [0.25, 0.3) is 0 Å². The van der Waals surface area contributed by atoms with Gasteiger partial charge in [-0.15, -0.1) is 0 Å². The number of rotatable bonds is 6. The second kappa shape index (κ2) is 8.43. The number of carbonyl (C=O) groups is 1. The van der Waals surface area contributed by atoms with E-state index in [2.05, 4.69) is 46.8 Å². The molecule has 1 aromatic carbocycles. The lowest BCUT2D eigenvalue weighted by Crippen LogP contribution is -2.48. The molecule has 0 saturated carbocycles. The van der Waals surface area contributed by atoms with E-state index in [1.54, 1.807) is 6.20 Å². The smallest absolute Gasteiger partial charge is 0.325 e. The van der Waals surface area contributed by atoms with E-state index in [0.29, 0.717) is 5.92 Å². The van der Waals surface area contributed by atoms with Gasteiger partial charge in [0.2, 0.25) is 0 Å². The molecule has 26 heavy (non-hydrogen) atoms. The number of hydrogen-bond donors (Lipinski definition) is 1. The van der Waals surface area contributed by atoms with Crippen molar-refractivity contribution in [2.45, 2.75) is 32.4 Å². The zero-order valence-corrected chi connectivity index (χ0v) is 15.5. The minimum atomic E-state index is -0.775. The number of piperazine rings is 1. The molecule has 1 aliphatic rings. The fourth-order valence-electron chi connectivity index (χ4n) is 3.50. The van der Waals surface area contributed by atoms with Gasteiger partial charge in [-0.3, -0.25) is 19.6 Å². The molecule has 0 bridgehead atoms. The molecule has 0 radical (unpaired) electrons. The number of hydrogen-bond acceptors (Lipinski definition) is 4. The van der Waals surface area contributed by atoms with Crippen molar-refractivity contribution >= 4 is 5.97 Å². The molecule has 2 aromatic rings. The number of carboxylic acid groups (broad SMARTS) is 1. The van der Waals surface area contributed by atoms with Gasteiger partial charge in [-0.2, -0.15) is 0 Å². The molecule has 1 atom stereocenters. The van der Waals surface area contributed by atoms with E-state index in [4.69, 9.17) is 0 Å². The lowest BCUT2D eigenvalue weighted by atomic mass is 9.98. The molecule has 3 rings (SSSR count). The topological polar surface area (TPSA) is 56.7 Å². The Morgan fingerprint density at radius 3 is 2.27 bits per heavy atom. The summed E-state index contributed by atoms with van der Waals surface area (Å²) in [5.74, 6) is -0.327. The Balaban J connectivity index is 1.64. The largest absolute Gasteiger partial charge is 0.480 e. The Bertz CT molecular complexity index is 708. The van der Waals surface area contributed by atoms with Crippen molar-refractivity contribution in [1.29, 1.82) is 0 Å². The van der Waals surface area contributed by atoms with Gasteiger partial charge in [-0.05, 0) is 28.7 Å². The van der Waals surface area contributed by atoms with Crippen LogP contribution in [0.1, 0.15) is 42.5 Å². The Morgan fingerprint density at radius 2 is 1.73 bits per heavy atom. The van der Waals surface area contributed by atoms with Crippen LogP contribution in [0.4, 0.5) is 0 Å². The van der Waals surface area contributed by atoms with Crippen LogP contribution in [0.15, 0.2) is 48.8 Å². The van der Waals surface area contributed by atoms with Crippen molar-refractivity contribution < 1.29 is 9.90 Å². The van der Waals surface area contributed by atoms with Crippen LogP contribution in [-0.4, -0.2) is 52.0 Å². The van der Waals surface area contributed by atoms with Crippen molar-refractivity contribution in [3.63, 3.8) is 0 Å². The van der Waals surface area contributed by atoms with Gasteiger partial charge in [-0.1, -0.05) is 44.2 Å². The van der Waals surface area contributed by atoms with Gasteiger partial charge in [0, 0.05) is 45.1 Å². The third kappa shape index (κ3) is 4.48. The van der Waals surface area contributed by atoms with Crippen molar-refractivity contribution in [3.05, 3.63) is 65.5 Å². The fourth-order valence-corrected chi connectivity index (χ4v) is 3.50. The summed E-state index contributed by atoms with van der Waals surface area (Å²) in [4.78, 5) is 20.5. The van der Waals surface area contributed by atoms with Crippen LogP contribution in [0.2, 0.25) is 0 Å². The van der Waals surface area contributed by atoms with E-state index in [1.807, 2.05) is 24.4 Å². The van der Waals surface area contributed by atoms with E-state index in [-0.39, 0.29) is 0 Å². The minimum absolute atomic E-state index is 0.448. The minimum Gasteiger partial charge on any atom is -0.480 e. The number of benzene rings is 1. The van der Waals surface area contributed by atoms with Gasteiger partial charge >= 0.3 is 5.97 Å². The molecule has 0 unspecified atom stereocenters. The number of carboxylic acids is 1. The lowest BCUT2D eigenvalue weighted by Gasteiger charge is -2.37. The Kier molecular flexibility index (Phi) is 6.01. The maximum Gasteiger partial charge on any atom is 0.325 e. The summed E-state index contributed by atoms with van der Waals surface area (Å²) in [6.45, 7) is 8.39. The van der Waals surface area contributed by atoms with Gasteiger partial charge in [-0.25, -0.2) is 0 Å². The molecule has 138 valence electrons. The Morgan fingerprint density at radius 1 is 1.08 bits per heavy atom. The summed E-state index contributed by atoms with van der Waals surface area (Å²) >= 11 is 0. The molecule has 1 saturated heterocycles. The predicted molar refractivity (Wildman–Crippen MR) is 102 cm³/mol. The molecule has 1 aliphatic heterocycles. The molecule has 0 spiro atoms. The molecule has 1 aromatic heterocycles. The molecule has 1 fully saturated rings. The van der Waals surface area contributed by atoms with Crippen molar-refractivity contribution in [3.8, 4) is 0 Å². The SMILES string of the molecule is CC(C)c1ccc([C@@H](C(=O)O)N2CCN(Cc3cccnc3)CC2)cc1. The second-order valence-electron chi connectivity index (χ2n) is 7.24. The molecule has 2 heterocycles. The maximum atomic E-state index is 11.9. The average Bonchev–Trinajstić information content (AvgIpc) is 2.64. The maximum absolute atomic E-state index is 11.9. The Labute approximate surface area is 155 Å². The van der Waals surface area contributed by atoms with Crippen LogP contribution in [0.25, 0.3) is 0 Å². The van der Waals surface area contributed by atoms with Gasteiger partial charge in [0.15, 0.2) is 0 Å². The first-order chi connectivity index (χ1) is 12.5. The number of aromatic nitrogens is 1. The van der Waals surface area contributed by atoms with Crippen molar-refractivity contribution in [1.82, 2.24) is 14.8 Å². The van der Waals surface area contributed by atoms with Crippen LogP contribution >= 0.6 is 0 Å². The summed E-state index contributed by atoms with van der Waals surface area (Å²) in [6.07, 6.45) is 3.67. The molecule has 1 N–H and O–H groups in total. The van der Waals surface area contributed by atoms with Crippen molar-refractivity contribution in [2.24, 2.45) is 0 Å². The van der Waals surface area contributed by atoms with Crippen LogP contribution in [0, 0.1) is 0 Å². The summed E-state index contributed by atoms with van der Waals surface area (Å²) < 4.78 is 0. The van der Waals surface area contributed by atoms with E-state index in [0.717, 1.165) is 38.3 Å². The molecular weight excluding hydrogens is 326 g/mol. The third-order valence-electron chi connectivity index (χ3n) is 5.05. The molecule has 0 aliphatic carbocycles. The van der Waals surface area contributed by atoms with Crippen LogP contribution in [0.5, 0.6) is 0 Å². The van der Waals surface area contributed by atoms with E-state index in [9.17, 15) is 9.90 Å². The molecule has 5 heteroatoms. The second-order valence-corrected chi connectivity index (χ2v) is 7.24. The number of aliphatic carboxylic acids is 1. The molecular formula is C21H27N3O2. The molecule has 0 amide bonds. The number of nitrogens with zero attached hydrogens (tertiary/aromatic N) is 3. The van der Waals surface area contributed by atoms with E-state index >= 15 is 0 Å². The number of pyridine rings is 1. The first kappa shape index (κ1) is 18.5. The summed E-state index contributed by atoms with van der Waals surface area (Å²) in [5.41, 5.74) is 3.29. The highest BCUT2D eigenvalue weighted by Gasteiger charge is 2.30. The lowest BCUT2D eigenvalue weighted by molar-refractivity contribution is -0.144. The first-order valence-corrected chi connectivity index (χ1v) is 9.22. The van der Waals surface area contributed by atoms with E-state index in [1.165, 1.54) is 11.1 Å². The Hall–Kier alpha value is -2.24. The van der Waals surface area contributed by atoms with Gasteiger partial charge in [0.1, 0.15) is 6.04 Å². The van der Waals surface area contributed by atoms with E-state index < -0.39 is 12.0 Å². The van der Waals surface area contributed by atoms with Gasteiger partial charge in [0.05, 0.1) is 0 Å². The highest BCUT2D eigenvalue weighted by Crippen LogP contribution is 2.25. The summed E-state index contributed by atoms with van der Waals surface area (Å²) in [7, 11) is 0. The normalized spacial score (nSPS) is 17.3. The summed E-state index contributed by atoms with van der Waals surface area (Å²) in [6, 6.07) is 11.5. The predicted octanol–water partition coefficient (Wildman–Crippen LogP) is 3.15. The molecule has 5 nitrogen and oxygen atoms in total. The quantitative estimate of drug-likeness (QED) is 0.865. The third-order valence-corrected chi connectivity index (χ3v) is 5.05. The average molecular weight is 353 g/mol. The van der Waals surface area contributed by atoms with Gasteiger partial charge < -0.3 is 5.11 Å². The zero-order valence-electron chi connectivity index (χ0n) is 15.5. The van der Waals surface area contributed by atoms with Crippen LogP contribution < -0.4 is 0 Å². The summed E-state index contributed by atoms with van der Waals surface area (Å²) in [5, 5.41) is 9.79. The first-order valence-electron chi connectivity index (χ1n) is 9.22. The van der Waals surface area contributed by atoms with Crippen LogP contribution in [-0.2, 0) is 11.3 Å². The zero-order chi connectivity index (χ0) is 18.5. The van der Waals surface area contributed by atoms with Crippen molar-refractivity contribution in [2.75, 3.05) is 26.2 Å². The fraction of sp³-hybridized carbons (Fsp3) is 0.429. The van der Waals surface area contributed by atoms with Crippen LogP contribution in [0.3, 0.4) is 0 Å².